The Morgan fingerprint density at radius 1 is 1.24 bits per heavy atom. The molecule has 5 nitrogen and oxygen atoms in total. The van der Waals surface area contributed by atoms with Crippen LogP contribution in [-0.2, 0) is 0 Å². The van der Waals surface area contributed by atoms with E-state index >= 15 is 0 Å². The number of rotatable bonds is 4. The lowest BCUT2D eigenvalue weighted by Crippen LogP contribution is -2.02. The first-order valence-corrected chi connectivity index (χ1v) is 7.13. The Bertz CT molecular complexity index is 764. The summed E-state index contributed by atoms with van der Waals surface area (Å²) in [6.45, 7) is 6.74. The maximum atomic E-state index is 5.57. The van der Waals surface area contributed by atoms with Crippen LogP contribution < -0.4 is 4.74 Å². The quantitative estimate of drug-likeness (QED) is 0.735. The molecule has 0 amide bonds. The highest BCUT2D eigenvalue weighted by Crippen LogP contribution is 2.28. The van der Waals surface area contributed by atoms with Gasteiger partial charge in [0, 0.05) is 12.2 Å². The lowest BCUT2D eigenvalue weighted by Gasteiger charge is -2.09. The topological polar surface area (TPSA) is 52.8 Å². The minimum Gasteiger partial charge on any atom is -0.477 e. The molecule has 3 aromatic rings. The number of ether oxygens (including phenoxy) is 1. The SMILES string of the molecule is CCOc1ncccc1-c1ccc2c(cnn2C(C)C)n1. The molecular weight excluding hydrogens is 264 g/mol. The third-order valence-electron chi connectivity index (χ3n) is 3.27. The second kappa shape index (κ2) is 5.52. The van der Waals surface area contributed by atoms with Crippen molar-refractivity contribution >= 4 is 11.0 Å². The van der Waals surface area contributed by atoms with Gasteiger partial charge in [0.25, 0.3) is 0 Å². The molecule has 0 bridgehead atoms. The van der Waals surface area contributed by atoms with Crippen LogP contribution in [0.15, 0.2) is 36.7 Å². The molecule has 0 saturated heterocycles. The molecule has 0 aliphatic carbocycles. The molecule has 3 rings (SSSR count). The van der Waals surface area contributed by atoms with Crippen molar-refractivity contribution in [3.8, 4) is 17.1 Å². The predicted molar refractivity (Wildman–Crippen MR) is 82.3 cm³/mol. The maximum absolute atomic E-state index is 5.57. The second-order valence-electron chi connectivity index (χ2n) is 5.07. The first-order valence-electron chi connectivity index (χ1n) is 7.13. The first-order chi connectivity index (χ1) is 10.2. The van der Waals surface area contributed by atoms with Crippen molar-refractivity contribution in [3.05, 3.63) is 36.7 Å². The van der Waals surface area contributed by atoms with E-state index in [2.05, 4.69) is 28.9 Å². The van der Waals surface area contributed by atoms with E-state index in [1.807, 2.05) is 35.9 Å². The highest BCUT2D eigenvalue weighted by atomic mass is 16.5. The number of pyridine rings is 2. The van der Waals surface area contributed by atoms with Crippen LogP contribution >= 0.6 is 0 Å². The molecule has 3 heterocycles. The van der Waals surface area contributed by atoms with Crippen LogP contribution in [-0.4, -0.2) is 26.4 Å². The van der Waals surface area contributed by atoms with Crippen molar-refractivity contribution in [2.75, 3.05) is 6.61 Å². The molecule has 0 saturated carbocycles. The van der Waals surface area contributed by atoms with Crippen LogP contribution in [0.1, 0.15) is 26.8 Å². The fraction of sp³-hybridized carbons (Fsp3) is 0.312. The summed E-state index contributed by atoms with van der Waals surface area (Å²) in [6, 6.07) is 8.21. The summed E-state index contributed by atoms with van der Waals surface area (Å²) in [5, 5.41) is 4.40. The van der Waals surface area contributed by atoms with Gasteiger partial charge in [-0.2, -0.15) is 5.10 Å². The fourth-order valence-corrected chi connectivity index (χ4v) is 2.33. The van der Waals surface area contributed by atoms with Crippen LogP contribution in [0.5, 0.6) is 5.88 Å². The molecule has 0 aliphatic rings. The lowest BCUT2D eigenvalue weighted by atomic mass is 10.1. The largest absolute Gasteiger partial charge is 0.477 e. The van der Waals surface area contributed by atoms with Gasteiger partial charge < -0.3 is 4.74 Å². The monoisotopic (exact) mass is 282 g/mol. The average Bonchev–Trinajstić information content (AvgIpc) is 2.91. The molecule has 0 spiro atoms. The summed E-state index contributed by atoms with van der Waals surface area (Å²) in [7, 11) is 0. The molecule has 0 fully saturated rings. The van der Waals surface area contributed by atoms with E-state index in [4.69, 9.17) is 4.74 Å². The predicted octanol–water partition coefficient (Wildman–Crippen LogP) is 3.47. The first kappa shape index (κ1) is 13.5. The maximum Gasteiger partial charge on any atom is 0.222 e. The van der Waals surface area contributed by atoms with Crippen molar-refractivity contribution in [2.24, 2.45) is 0 Å². The Kier molecular flexibility index (Phi) is 3.56. The Balaban J connectivity index is 2.10. The number of fused-ring (bicyclic) bond motifs is 1. The smallest absolute Gasteiger partial charge is 0.222 e. The van der Waals surface area contributed by atoms with Gasteiger partial charge in [-0.25, -0.2) is 9.97 Å². The van der Waals surface area contributed by atoms with Gasteiger partial charge in [0.15, 0.2) is 0 Å². The Morgan fingerprint density at radius 2 is 2.10 bits per heavy atom. The molecule has 5 heteroatoms. The minimum absolute atomic E-state index is 0.313. The molecular formula is C16H18N4O. The zero-order chi connectivity index (χ0) is 14.8. The summed E-state index contributed by atoms with van der Waals surface area (Å²) >= 11 is 0. The van der Waals surface area contributed by atoms with E-state index in [9.17, 15) is 0 Å². The van der Waals surface area contributed by atoms with E-state index in [1.165, 1.54) is 0 Å². The van der Waals surface area contributed by atoms with Gasteiger partial charge in [0.2, 0.25) is 5.88 Å². The Morgan fingerprint density at radius 3 is 2.86 bits per heavy atom. The highest BCUT2D eigenvalue weighted by Gasteiger charge is 2.12. The lowest BCUT2D eigenvalue weighted by molar-refractivity contribution is 0.328. The van der Waals surface area contributed by atoms with Crippen molar-refractivity contribution in [2.45, 2.75) is 26.8 Å². The van der Waals surface area contributed by atoms with E-state index < -0.39 is 0 Å². The molecule has 0 unspecified atom stereocenters. The van der Waals surface area contributed by atoms with Gasteiger partial charge in [0.05, 0.1) is 29.6 Å². The van der Waals surface area contributed by atoms with Crippen molar-refractivity contribution in [3.63, 3.8) is 0 Å². The van der Waals surface area contributed by atoms with Crippen LogP contribution in [0.3, 0.4) is 0 Å². The summed E-state index contributed by atoms with van der Waals surface area (Å²) in [5.74, 6) is 0.614. The van der Waals surface area contributed by atoms with Crippen molar-refractivity contribution in [1.29, 1.82) is 0 Å². The Labute approximate surface area is 123 Å². The van der Waals surface area contributed by atoms with Gasteiger partial charge in [-0.15, -0.1) is 0 Å². The molecule has 0 aliphatic heterocycles. The summed E-state index contributed by atoms with van der Waals surface area (Å²) in [6.07, 6.45) is 3.53. The summed E-state index contributed by atoms with van der Waals surface area (Å²) in [5.41, 5.74) is 3.67. The number of nitrogens with zero attached hydrogens (tertiary/aromatic N) is 4. The zero-order valence-electron chi connectivity index (χ0n) is 12.4. The van der Waals surface area contributed by atoms with E-state index in [0.717, 1.165) is 22.3 Å². The standard InChI is InChI=1S/C16H18N4O/c1-4-21-16-12(6-5-9-17-16)13-7-8-15-14(19-13)10-18-20(15)11(2)3/h5-11H,4H2,1-3H3. The second-order valence-corrected chi connectivity index (χ2v) is 5.07. The number of hydrogen-bond acceptors (Lipinski definition) is 4. The van der Waals surface area contributed by atoms with E-state index in [0.29, 0.717) is 18.5 Å². The normalized spacial score (nSPS) is 11.2. The molecule has 3 aromatic heterocycles. The third kappa shape index (κ3) is 2.46. The van der Waals surface area contributed by atoms with Crippen LogP contribution in [0.25, 0.3) is 22.3 Å². The molecule has 21 heavy (non-hydrogen) atoms. The summed E-state index contributed by atoms with van der Waals surface area (Å²) < 4.78 is 7.55. The summed E-state index contributed by atoms with van der Waals surface area (Å²) in [4.78, 5) is 8.96. The van der Waals surface area contributed by atoms with Gasteiger partial charge in [-0.1, -0.05) is 0 Å². The third-order valence-corrected chi connectivity index (χ3v) is 3.27. The van der Waals surface area contributed by atoms with Gasteiger partial charge >= 0.3 is 0 Å². The molecule has 0 atom stereocenters. The van der Waals surface area contributed by atoms with Crippen molar-refractivity contribution < 1.29 is 4.74 Å². The number of hydrogen-bond donors (Lipinski definition) is 0. The average molecular weight is 282 g/mol. The van der Waals surface area contributed by atoms with Gasteiger partial charge in [-0.3, -0.25) is 4.68 Å². The number of aromatic nitrogens is 4. The molecule has 0 N–H and O–H groups in total. The fourth-order valence-electron chi connectivity index (χ4n) is 2.33. The van der Waals surface area contributed by atoms with Crippen molar-refractivity contribution in [1.82, 2.24) is 19.7 Å². The minimum atomic E-state index is 0.313. The van der Waals surface area contributed by atoms with Gasteiger partial charge in [-0.05, 0) is 45.0 Å². The molecule has 108 valence electrons. The van der Waals surface area contributed by atoms with Crippen LogP contribution in [0.4, 0.5) is 0 Å². The van der Waals surface area contributed by atoms with Crippen LogP contribution in [0, 0.1) is 0 Å². The molecule has 0 aromatic carbocycles. The van der Waals surface area contributed by atoms with E-state index in [-0.39, 0.29) is 0 Å². The Hall–Kier alpha value is -2.43. The molecule has 0 radical (unpaired) electrons. The van der Waals surface area contributed by atoms with Crippen LogP contribution in [0.2, 0.25) is 0 Å². The highest BCUT2D eigenvalue weighted by molar-refractivity contribution is 5.79. The van der Waals surface area contributed by atoms with Gasteiger partial charge in [0.1, 0.15) is 5.52 Å². The van der Waals surface area contributed by atoms with E-state index in [1.54, 1.807) is 12.4 Å². The zero-order valence-corrected chi connectivity index (χ0v) is 12.4.